The van der Waals surface area contributed by atoms with E-state index in [0.29, 0.717) is 40.1 Å². The molecular weight excluding hydrogens is 522 g/mol. The van der Waals surface area contributed by atoms with Gasteiger partial charge in [0.2, 0.25) is 5.43 Å². The van der Waals surface area contributed by atoms with E-state index in [0.717, 1.165) is 0 Å². The number of ether oxygens (including phenoxy) is 1. The number of nitrogens with one attached hydrogen (secondary N) is 1. The minimum absolute atomic E-state index is 0.00693. The number of nitrogens with zero attached hydrogens (tertiary/aromatic N) is 6. The molecule has 0 spiro atoms. The number of nitrogens with two attached hydrogens (primary N) is 1. The van der Waals surface area contributed by atoms with Gasteiger partial charge in [0.25, 0.3) is 5.91 Å². The van der Waals surface area contributed by atoms with Gasteiger partial charge >= 0.3 is 0 Å². The molecule has 0 aliphatic carbocycles. The number of anilines is 2. The maximum Gasteiger partial charge on any atom is 0.280 e. The second kappa shape index (κ2) is 11.4. The van der Waals surface area contributed by atoms with E-state index in [2.05, 4.69) is 25.5 Å². The molecule has 0 atom stereocenters. The Morgan fingerprint density at radius 2 is 1.75 bits per heavy atom. The molecule has 5 aromatic rings. The highest BCUT2D eigenvalue weighted by atomic mass is 19.1. The first-order valence-corrected chi connectivity index (χ1v) is 12.2. The van der Waals surface area contributed by atoms with Gasteiger partial charge in [-0.25, -0.2) is 23.4 Å². The van der Waals surface area contributed by atoms with Gasteiger partial charge < -0.3 is 15.8 Å². The number of carbonyl (C=O) groups is 1. The second-order valence-electron chi connectivity index (χ2n) is 8.73. The smallest absolute Gasteiger partial charge is 0.280 e. The molecule has 5 rings (SSSR count). The number of hydrogen-bond donors (Lipinski definition) is 2. The molecule has 2 aromatic carbocycles. The van der Waals surface area contributed by atoms with Crippen molar-refractivity contribution >= 4 is 28.4 Å². The number of rotatable bonds is 9. The van der Waals surface area contributed by atoms with Gasteiger partial charge in [0, 0.05) is 30.1 Å². The Morgan fingerprint density at radius 1 is 1.02 bits per heavy atom. The fourth-order valence-corrected chi connectivity index (χ4v) is 4.19. The highest BCUT2D eigenvalue weighted by molar-refractivity contribution is 6.03. The molecule has 40 heavy (non-hydrogen) atoms. The standard InChI is InChI=1S/C27H24F2N8O3/c1-40-13-12-36-14-20(16-2-6-18(29)7-3-16)24(38)23(34-36)27(39)33-19-8-4-17(5-9-19)22-21-25(30)31-15-32-26(21)37(35-22)11-10-28/h2-9,14-15H,10-13H2,1H3,(H,33,39)(H2,30,31,32). The van der Waals surface area contributed by atoms with Crippen molar-refractivity contribution in [2.24, 2.45) is 0 Å². The molecule has 3 heterocycles. The molecule has 0 saturated heterocycles. The first kappa shape index (κ1) is 26.6. The molecule has 3 aromatic heterocycles. The van der Waals surface area contributed by atoms with Gasteiger partial charge in [0.05, 0.1) is 25.1 Å². The SMILES string of the molecule is COCCn1cc(-c2ccc(F)cc2)c(=O)c(C(=O)Nc2ccc(-c3nn(CCF)c4ncnc(N)c34)cc2)n1. The zero-order chi connectivity index (χ0) is 28.2. The van der Waals surface area contributed by atoms with Crippen LogP contribution in [0.15, 0.2) is 65.8 Å². The van der Waals surface area contributed by atoms with Crippen LogP contribution in [-0.4, -0.2) is 55.8 Å². The summed E-state index contributed by atoms with van der Waals surface area (Å²) >= 11 is 0. The summed E-state index contributed by atoms with van der Waals surface area (Å²) in [5.74, 6) is -0.959. The maximum absolute atomic E-state index is 13.5. The Labute approximate surface area is 226 Å². The fraction of sp³-hybridized carbons (Fsp3) is 0.185. The van der Waals surface area contributed by atoms with E-state index in [1.54, 1.807) is 24.3 Å². The molecule has 0 radical (unpaired) electrons. The third kappa shape index (κ3) is 5.27. The van der Waals surface area contributed by atoms with Crippen LogP contribution in [0, 0.1) is 5.82 Å². The van der Waals surface area contributed by atoms with Crippen molar-refractivity contribution < 1.29 is 18.3 Å². The molecule has 11 nitrogen and oxygen atoms in total. The molecular formula is C27H24F2N8O3. The van der Waals surface area contributed by atoms with Crippen LogP contribution in [0.3, 0.4) is 0 Å². The molecule has 0 fully saturated rings. The monoisotopic (exact) mass is 546 g/mol. The number of hydrogen-bond acceptors (Lipinski definition) is 8. The van der Waals surface area contributed by atoms with Crippen molar-refractivity contribution in [2.45, 2.75) is 13.1 Å². The van der Waals surface area contributed by atoms with E-state index < -0.39 is 23.8 Å². The van der Waals surface area contributed by atoms with Crippen LogP contribution in [0.5, 0.6) is 0 Å². The summed E-state index contributed by atoms with van der Waals surface area (Å²) in [6, 6.07) is 12.0. The Balaban J connectivity index is 1.45. The average molecular weight is 547 g/mol. The Bertz CT molecular complexity index is 1730. The number of aryl methyl sites for hydroxylation is 1. The van der Waals surface area contributed by atoms with Crippen LogP contribution < -0.4 is 16.5 Å². The summed E-state index contributed by atoms with van der Waals surface area (Å²) in [5, 5.41) is 11.8. The van der Waals surface area contributed by atoms with Gasteiger partial charge in [-0.3, -0.25) is 14.3 Å². The number of methoxy groups -OCH3 is 1. The second-order valence-corrected chi connectivity index (χ2v) is 8.73. The normalized spacial score (nSPS) is 11.2. The lowest BCUT2D eigenvalue weighted by Gasteiger charge is -2.11. The largest absolute Gasteiger partial charge is 0.383 e. The minimum atomic E-state index is -0.719. The third-order valence-electron chi connectivity index (χ3n) is 6.13. The topological polar surface area (TPSA) is 143 Å². The molecule has 3 N–H and O–H groups in total. The van der Waals surface area contributed by atoms with E-state index in [4.69, 9.17) is 10.5 Å². The summed E-state index contributed by atoms with van der Waals surface area (Å²) in [5.41, 5.74) is 7.68. The van der Waals surface area contributed by atoms with Crippen LogP contribution in [0.25, 0.3) is 33.4 Å². The van der Waals surface area contributed by atoms with Gasteiger partial charge in [-0.05, 0) is 29.8 Å². The number of nitrogen functional groups attached to an aromatic ring is 1. The lowest BCUT2D eigenvalue weighted by Crippen LogP contribution is -2.28. The van der Waals surface area contributed by atoms with Crippen LogP contribution in [0.4, 0.5) is 20.3 Å². The van der Waals surface area contributed by atoms with E-state index in [1.807, 2.05) is 0 Å². The number of alkyl halides is 1. The Kier molecular flexibility index (Phi) is 7.55. The van der Waals surface area contributed by atoms with Crippen LogP contribution in [0.2, 0.25) is 0 Å². The molecule has 0 bridgehead atoms. The van der Waals surface area contributed by atoms with E-state index >= 15 is 0 Å². The molecule has 204 valence electrons. The molecule has 13 heteroatoms. The van der Waals surface area contributed by atoms with Crippen LogP contribution >= 0.6 is 0 Å². The van der Waals surface area contributed by atoms with Gasteiger partial charge in [-0.15, -0.1) is 0 Å². The van der Waals surface area contributed by atoms with Gasteiger partial charge in [-0.2, -0.15) is 10.2 Å². The van der Waals surface area contributed by atoms with E-state index in [-0.39, 0.29) is 30.2 Å². The average Bonchev–Trinajstić information content (AvgIpc) is 3.33. The highest BCUT2D eigenvalue weighted by Gasteiger charge is 2.20. The van der Waals surface area contributed by atoms with E-state index in [9.17, 15) is 18.4 Å². The zero-order valence-electron chi connectivity index (χ0n) is 21.3. The highest BCUT2D eigenvalue weighted by Crippen LogP contribution is 2.30. The number of benzene rings is 2. The molecule has 1 amide bonds. The van der Waals surface area contributed by atoms with Crippen molar-refractivity contribution in [3.63, 3.8) is 0 Å². The molecule has 0 aliphatic rings. The van der Waals surface area contributed by atoms with Gasteiger partial charge in [-0.1, -0.05) is 24.3 Å². The van der Waals surface area contributed by atoms with Crippen LogP contribution in [-0.2, 0) is 17.8 Å². The van der Waals surface area contributed by atoms with Gasteiger partial charge in [0.15, 0.2) is 11.3 Å². The molecule has 0 saturated carbocycles. The fourth-order valence-electron chi connectivity index (χ4n) is 4.19. The Hall–Kier alpha value is -5.04. The number of fused-ring (bicyclic) bond motifs is 1. The van der Waals surface area contributed by atoms with Crippen molar-refractivity contribution in [3.05, 3.63) is 82.8 Å². The molecule has 0 unspecified atom stereocenters. The quantitative estimate of drug-likeness (QED) is 0.287. The summed E-state index contributed by atoms with van der Waals surface area (Å²) in [7, 11) is 1.52. The molecule has 0 aliphatic heterocycles. The van der Waals surface area contributed by atoms with Crippen molar-refractivity contribution in [1.82, 2.24) is 29.5 Å². The lowest BCUT2D eigenvalue weighted by atomic mass is 10.1. The predicted molar refractivity (Wildman–Crippen MR) is 145 cm³/mol. The summed E-state index contributed by atoms with van der Waals surface area (Å²) in [4.78, 5) is 34.6. The van der Waals surface area contributed by atoms with Gasteiger partial charge in [0.1, 0.15) is 30.3 Å². The minimum Gasteiger partial charge on any atom is -0.383 e. The van der Waals surface area contributed by atoms with Crippen molar-refractivity contribution in [3.8, 4) is 22.4 Å². The zero-order valence-corrected chi connectivity index (χ0v) is 21.3. The van der Waals surface area contributed by atoms with Crippen LogP contribution in [0.1, 0.15) is 10.5 Å². The number of aromatic nitrogens is 6. The predicted octanol–water partition coefficient (Wildman–Crippen LogP) is 3.31. The Morgan fingerprint density at radius 3 is 2.45 bits per heavy atom. The number of amides is 1. The third-order valence-corrected chi connectivity index (χ3v) is 6.13. The maximum atomic E-state index is 13.5. The van der Waals surface area contributed by atoms with Crippen molar-refractivity contribution in [1.29, 1.82) is 0 Å². The first-order chi connectivity index (χ1) is 19.4. The first-order valence-electron chi connectivity index (χ1n) is 12.2. The van der Waals surface area contributed by atoms with E-state index in [1.165, 1.54) is 53.3 Å². The lowest BCUT2D eigenvalue weighted by molar-refractivity contribution is 0.101. The number of halogens is 2. The summed E-state index contributed by atoms with van der Waals surface area (Å²) in [6.45, 7) is -0.0377. The van der Waals surface area contributed by atoms with Crippen molar-refractivity contribution in [2.75, 3.05) is 31.4 Å². The summed E-state index contributed by atoms with van der Waals surface area (Å²) < 4.78 is 34.5. The summed E-state index contributed by atoms with van der Waals surface area (Å²) in [6.07, 6.45) is 2.79. The number of carbonyl (C=O) groups excluding carboxylic acids is 1.